The van der Waals surface area contributed by atoms with E-state index in [0.29, 0.717) is 12.8 Å². The Hall–Kier alpha value is -2.96. The van der Waals surface area contributed by atoms with Crippen molar-refractivity contribution >= 4 is 5.91 Å². The van der Waals surface area contributed by atoms with E-state index in [-0.39, 0.29) is 11.9 Å². The molecule has 0 bridgehead atoms. The summed E-state index contributed by atoms with van der Waals surface area (Å²) in [4.78, 5) is 12.5. The number of rotatable bonds is 7. The van der Waals surface area contributed by atoms with Crippen LogP contribution in [0.15, 0.2) is 34.9 Å². The van der Waals surface area contributed by atoms with Gasteiger partial charge >= 0.3 is 0 Å². The lowest BCUT2D eigenvalue weighted by Gasteiger charge is -2.16. The molecule has 0 fully saturated rings. The van der Waals surface area contributed by atoms with Crippen molar-refractivity contribution in [3.8, 4) is 0 Å². The van der Waals surface area contributed by atoms with Crippen LogP contribution in [0.25, 0.3) is 0 Å². The molecule has 30 heavy (non-hydrogen) atoms. The molecule has 1 amide bonds. The molecule has 7 nitrogen and oxygen atoms in total. The normalized spacial score (nSPS) is 16.1. The van der Waals surface area contributed by atoms with Crippen molar-refractivity contribution in [3.05, 3.63) is 64.6 Å². The zero-order valence-electron chi connectivity index (χ0n) is 17.7. The molecule has 1 aliphatic heterocycles. The van der Waals surface area contributed by atoms with E-state index in [2.05, 4.69) is 49.5 Å². The van der Waals surface area contributed by atoms with E-state index < -0.39 is 0 Å². The van der Waals surface area contributed by atoms with E-state index in [9.17, 15) is 4.79 Å². The number of carbonyl (C=O) groups excluding carboxylic acids is 1. The molecule has 2 aromatic heterocycles. The zero-order valence-corrected chi connectivity index (χ0v) is 17.7. The number of nitrogens with one attached hydrogen (secondary N) is 1. The van der Waals surface area contributed by atoms with Crippen molar-refractivity contribution in [2.24, 2.45) is 0 Å². The summed E-state index contributed by atoms with van der Waals surface area (Å²) >= 11 is 0. The SMILES string of the molecule is Cc1noc(C)c1CCC(=O)NC1CCc2nnc(CCc3ccccc3)n2CC1. The van der Waals surface area contributed by atoms with E-state index in [0.717, 1.165) is 67.3 Å². The minimum absolute atomic E-state index is 0.0852. The van der Waals surface area contributed by atoms with Crippen molar-refractivity contribution in [3.63, 3.8) is 0 Å². The average molecular weight is 408 g/mol. The Kier molecular flexibility index (Phi) is 6.26. The summed E-state index contributed by atoms with van der Waals surface area (Å²) in [5.74, 6) is 2.96. The molecular weight excluding hydrogens is 378 g/mol. The smallest absolute Gasteiger partial charge is 0.220 e. The molecule has 1 atom stereocenters. The zero-order chi connectivity index (χ0) is 20.9. The number of aromatic nitrogens is 4. The number of hydrogen-bond acceptors (Lipinski definition) is 5. The Morgan fingerprint density at radius 2 is 1.97 bits per heavy atom. The second-order valence-corrected chi connectivity index (χ2v) is 8.06. The number of amides is 1. The minimum Gasteiger partial charge on any atom is -0.361 e. The highest BCUT2D eigenvalue weighted by Crippen LogP contribution is 2.18. The molecular formula is C23H29N5O2. The van der Waals surface area contributed by atoms with Crippen LogP contribution < -0.4 is 5.32 Å². The number of fused-ring (bicyclic) bond motifs is 1. The fourth-order valence-electron chi connectivity index (χ4n) is 4.18. The van der Waals surface area contributed by atoms with Gasteiger partial charge in [0.25, 0.3) is 0 Å². The molecule has 0 saturated carbocycles. The van der Waals surface area contributed by atoms with Gasteiger partial charge in [-0.2, -0.15) is 0 Å². The lowest BCUT2D eigenvalue weighted by molar-refractivity contribution is -0.121. The third kappa shape index (κ3) is 4.78. The van der Waals surface area contributed by atoms with Crippen LogP contribution in [0, 0.1) is 13.8 Å². The highest BCUT2D eigenvalue weighted by Gasteiger charge is 2.21. The maximum Gasteiger partial charge on any atom is 0.220 e. The fraction of sp³-hybridized carbons (Fsp3) is 0.478. The van der Waals surface area contributed by atoms with Gasteiger partial charge in [0.05, 0.1) is 5.69 Å². The Morgan fingerprint density at radius 3 is 2.73 bits per heavy atom. The van der Waals surface area contributed by atoms with Gasteiger partial charge in [0.15, 0.2) is 0 Å². The molecule has 3 heterocycles. The van der Waals surface area contributed by atoms with Crippen LogP contribution in [0.5, 0.6) is 0 Å². The standard InChI is InChI=1S/C23H29N5O2/c1-16-20(17(2)30-27-16)10-13-23(29)24-19-9-12-22-26-25-21(28(22)15-14-19)11-8-18-6-4-3-5-7-18/h3-7,19H,8-15H2,1-2H3,(H,24,29). The van der Waals surface area contributed by atoms with Crippen molar-refractivity contribution in [1.29, 1.82) is 0 Å². The van der Waals surface area contributed by atoms with Crippen molar-refractivity contribution < 1.29 is 9.32 Å². The predicted octanol–water partition coefficient (Wildman–Crippen LogP) is 3.12. The first-order valence-corrected chi connectivity index (χ1v) is 10.8. The highest BCUT2D eigenvalue weighted by atomic mass is 16.5. The summed E-state index contributed by atoms with van der Waals surface area (Å²) in [6.07, 6.45) is 5.59. The van der Waals surface area contributed by atoms with Gasteiger partial charge in [-0.3, -0.25) is 4.79 Å². The largest absolute Gasteiger partial charge is 0.361 e. The molecule has 3 aromatic rings. The molecule has 1 N–H and O–H groups in total. The average Bonchev–Trinajstić information content (AvgIpc) is 3.22. The third-order valence-electron chi connectivity index (χ3n) is 5.95. The molecule has 4 rings (SSSR count). The number of benzene rings is 1. The van der Waals surface area contributed by atoms with Crippen molar-refractivity contribution in [1.82, 2.24) is 25.2 Å². The summed E-state index contributed by atoms with van der Waals surface area (Å²) in [6, 6.07) is 10.6. The molecule has 0 spiro atoms. The second-order valence-electron chi connectivity index (χ2n) is 8.06. The first-order chi connectivity index (χ1) is 14.6. The van der Waals surface area contributed by atoms with Crippen molar-refractivity contribution in [2.45, 2.75) is 71.4 Å². The molecule has 1 aliphatic rings. The topological polar surface area (TPSA) is 85.8 Å². The molecule has 1 unspecified atom stereocenters. The van der Waals surface area contributed by atoms with Gasteiger partial charge in [-0.05, 0) is 45.1 Å². The Labute approximate surface area is 176 Å². The predicted molar refractivity (Wildman–Crippen MR) is 113 cm³/mol. The van der Waals surface area contributed by atoms with Crippen LogP contribution in [0.3, 0.4) is 0 Å². The molecule has 1 aromatic carbocycles. The minimum atomic E-state index is 0.0852. The highest BCUT2D eigenvalue weighted by molar-refractivity contribution is 5.76. The van der Waals surface area contributed by atoms with Gasteiger partial charge in [0.2, 0.25) is 5.91 Å². The van der Waals surface area contributed by atoms with E-state index in [1.807, 2.05) is 19.9 Å². The maximum absolute atomic E-state index is 12.5. The summed E-state index contributed by atoms with van der Waals surface area (Å²) in [7, 11) is 0. The fourth-order valence-corrected chi connectivity index (χ4v) is 4.18. The Bertz CT molecular complexity index is 973. The van der Waals surface area contributed by atoms with Crippen LogP contribution in [-0.2, 0) is 37.0 Å². The Morgan fingerprint density at radius 1 is 1.13 bits per heavy atom. The number of aryl methyl sites for hydroxylation is 5. The second kappa shape index (κ2) is 9.24. The molecule has 7 heteroatoms. The van der Waals surface area contributed by atoms with Crippen LogP contribution in [0.1, 0.15) is 53.5 Å². The quantitative estimate of drug-likeness (QED) is 0.650. The lowest BCUT2D eigenvalue weighted by atomic mass is 10.1. The summed E-state index contributed by atoms with van der Waals surface area (Å²) in [6.45, 7) is 4.66. The Balaban J connectivity index is 1.29. The van der Waals surface area contributed by atoms with Crippen molar-refractivity contribution in [2.75, 3.05) is 0 Å². The molecule has 0 aliphatic carbocycles. The van der Waals surface area contributed by atoms with Gasteiger partial charge < -0.3 is 14.4 Å². The molecule has 158 valence electrons. The van der Waals surface area contributed by atoms with E-state index >= 15 is 0 Å². The maximum atomic E-state index is 12.5. The van der Waals surface area contributed by atoms with Crippen LogP contribution in [0.4, 0.5) is 0 Å². The number of carbonyl (C=O) groups is 1. The summed E-state index contributed by atoms with van der Waals surface area (Å²) < 4.78 is 7.43. The third-order valence-corrected chi connectivity index (χ3v) is 5.95. The molecule has 0 radical (unpaired) electrons. The number of nitrogens with zero attached hydrogens (tertiary/aromatic N) is 4. The first-order valence-electron chi connectivity index (χ1n) is 10.8. The van der Waals surface area contributed by atoms with Gasteiger partial charge in [0, 0.05) is 37.4 Å². The van der Waals surface area contributed by atoms with Gasteiger partial charge in [0.1, 0.15) is 17.4 Å². The molecule has 0 saturated heterocycles. The lowest BCUT2D eigenvalue weighted by Crippen LogP contribution is -2.35. The monoisotopic (exact) mass is 407 g/mol. The first kappa shape index (κ1) is 20.3. The van der Waals surface area contributed by atoms with Crippen LogP contribution >= 0.6 is 0 Å². The number of hydrogen-bond donors (Lipinski definition) is 1. The van der Waals surface area contributed by atoms with Crippen LogP contribution in [-0.4, -0.2) is 31.9 Å². The van der Waals surface area contributed by atoms with Crippen LogP contribution in [0.2, 0.25) is 0 Å². The van der Waals surface area contributed by atoms with E-state index in [1.54, 1.807) is 0 Å². The van der Waals surface area contributed by atoms with E-state index in [1.165, 1.54) is 5.56 Å². The summed E-state index contributed by atoms with van der Waals surface area (Å²) in [5, 5.41) is 16.0. The van der Waals surface area contributed by atoms with E-state index in [4.69, 9.17) is 4.52 Å². The van der Waals surface area contributed by atoms with Gasteiger partial charge in [-0.25, -0.2) is 0 Å². The van der Waals surface area contributed by atoms with Gasteiger partial charge in [-0.15, -0.1) is 10.2 Å². The van der Waals surface area contributed by atoms with Gasteiger partial charge in [-0.1, -0.05) is 35.5 Å². The summed E-state index contributed by atoms with van der Waals surface area (Å²) in [5.41, 5.74) is 3.22.